The highest BCUT2D eigenvalue weighted by atomic mass is 32.2. The van der Waals surface area contributed by atoms with Crippen molar-refractivity contribution in [3.63, 3.8) is 0 Å². The van der Waals surface area contributed by atoms with Gasteiger partial charge >= 0.3 is 0 Å². The first kappa shape index (κ1) is 21.4. The molecule has 0 bridgehead atoms. The summed E-state index contributed by atoms with van der Waals surface area (Å²) in [6.45, 7) is 4.38. The molecular formula is C22H25N3O5S. The summed E-state index contributed by atoms with van der Waals surface area (Å²) >= 11 is 0. The van der Waals surface area contributed by atoms with Crippen molar-refractivity contribution >= 4 is 15.7 Å². The quantitative estimate of drug-likeness (QED) is 0.568. The number of benzene rings is 2. The van der Waals surface area contributed by atoms with Gasteiger partial charge in [0.2, 0.25) is 26.6 Å². The summed E-state index contributed by atoms with van der Waals surface area (Å²) in [6.07, 6.45) is 0. The number of ether oxygens (including phenoxy) is 2. The molecule has 9 heteroatoms. The van der Waals surface area contributed by atoms with Gasteiger partial charge in [0, 0.05) is 31.7 Å². The van der Waals surface area contributed by atoms with E-state index in [4.69, 9.17) is 13.9 Å². The third-order valence-electron chi connectivity index (χ3n) is 5.06. The highest BCUT2D eigenvalue weighted by Gasteiger charge is 2.28. The number of aromatic nitrogens is 1. The molecule has 4 rings (SSSR count). The van der Waals surface area contributed by atoms with E-state index in [1.54, 1.807) is 61.7 Å². The van der Waals surface area contributed by atoms with Gasteiger partial charge in [-0.25, -0.2) is 8.42 Å². The Morgan fingerprint density at radius 3 is 2.45 bits per heavy atom. The van der Waals surface area contributed by atoms with Gasteiger partial charge in [0.25, 0.3) is 0 Å². The zero-order valence-corrected chi connectivity index (χ0v) is 18.1. The Bertz CT molecular complexity index is 1090. The first-order valence-electron chi connectivity index (χ1n) is 10.1. The number of nitrogens with one attached hydrogen (secondary N) is 1. The number of methoxy groups -OCH3 is 1. The molecule has 31 heavy (non-hydrogen) atoms. The monoisotopic (exact) mass is 443 g/mol. The Kier molecular flexibility index (Phi) is 6.55. The van der Waals surface area contributed by atoms with Crippen LogP contribution in [0.25, 0.3) is 11.5 Å². The lowest BCUT2D eigenvalue weighted by Gasteiger charge is -2.26. The van der Waals surface area contributed by atoms with Crippen molar-refractivity contribution in [2.75, 3.05) is 51.8 Å². The lowest BCUT2D eigenvalue weighted by molar-refractivity contribution is 0.0398. The van der Waals surface area contributed by atoms with Crippen LogP contribution in [0, 0.1) is 0 Å². The number of anilines is 1. The van der Waals surface area contributed by atoms with Crippen molar-refractivity contribution in [1.29, 1.82) is 0 Å². The predicted molar refractivity (Wildman–Crippen MR) is 116 cm³/mol. The normalized spacial score (nSPS) is 15.0. The van der Waals surface area contributed by atoms with Crippen LogP contribution in [0.2, 0.25) is 0 Å². The fraction of sp³-hybridized carbons (Fsp3) is 0.318. The molecule has 1 aliphatic rings. The predicted octanol–water partition coefficient (Wildman–Crippen LogP) is 2.93. The van der Waals surface area contributed by atoms with Gasteiger partial charge in [-0.3, -0.25) is 4.90 Å². The van der Waals surface area contributed by atoms with Crippen molar-refractivity contribution in [2.24, 2.45) is 0 Å². The molecule has 0 amide bonds. The minimum atomic E-state index is -3.85. The van der Waals surface area contributed by atoms with E-state index in [-0.39, 0.29) is 21.7 Å². The van der Waals surface area contributed by atoms with Crippen LogP contribution in [0.5, 0.6) is 5.75 Å². The Morgan fingerprint density at radius 1 is 1.06 bits per heavy atom. The Hall–Kier alpha value is -2.88. The molecule has 0 unspecified atom stereocenters. The fourth-order valence-corrected chi connectivity index (χ4v) is 4.62. The third kappa shape index (κ3) is 4.90. The van der Waals surface area contributed by atoms with E-state index in [2.05, 4.69) is 15.2 Å². The number of hydrogen-bond acceptors (Lipinski definition) is 8. The van der Waals surface area contributed by atoms with Gasteiger partial charge in [-0.1, -0.05) is 18.2 Å². The second-order valence-corrected chi connectivity index (χ2v) is 8.94. The zero-order valence-electron chi connectivity index (χ0n) is 17.3. The van der Waals surface area contributed by atoms with Crippen molar-refractivity contribution < 1.29 is 22.3 Å². The number of morpholine rings is 1. The van der Waals surface area contributed by atoms with E-state index in [9.17, 15) is 8.42 Å². The molecule has 0 spiro atoms. The maximum Gasteiger partial charge on any atom is 0.233 e. The Balaban J connectivity index is 1.63. The van der Waals surface area contributed by atoms with Crippen LogP contribution in [0.4, 0.5) is 5.88 Å². The van der Waals surface area contributed by atoms with Gasteiger partial charge in [-0.15, -0.1) is 0 Å². The van der Waals surface area contributed by atoms with Gasteiger partial charge in [0.1, 0.15) is 5.75 Å². The molecule has 3 aromatic rings. The number of sulfone groups is 1. The number of oxazole rings is 1. The summed E-state index contributed by atoms with van der Waals surface area (Å²) < 4.78 is 42.9. The van der Waals surface area contributed by atoms with Gasteiger partial charge in [0.15, 0.2) is 0 Å². The Morgan fingerprint density at radius 2 is 1.77 bits per heavy atom. The third-order valence-corrected chi connectivity index (χ3v) is 6.74. The summed E-state index contributed by atoms with van der Waals surface area (Å²) in [6, 6.07) is 15.3. The lowest BCUT2D eigenvalue weighted by Crippen LogP contribution is -2.39. The highest BCUT2D eigenvalue weighted by Crippen LogP contribution is 2.32. The highest BCUT2D eigenvalue weighted by molar-refractivity contribution is 7.91. The van der Waals surface area contributed by atoms with Gasteiger partial charge in [-0.05, 0) is 36.4 Å². The maximum atomic E-state index is 13.3. The molecule has 1 N–H and O–H groups in total. The summed E-state index contributed by atoms with van der Waals surface area (Å²) in [5, 5.41) is 3.01. The largest absolute Gasteiger partial charge is 0.497 e. The molecule has 0 aliphatic carbocycles. The van der Waals surface area contributed by atoms with Crippen LogP contribution in [-0.4, -0.2) is 64.8 Å². The molecular weight excluding hydrogens is 418 g/mol. The van der Waals surface area contributed by atoms with E-state index in [0.29, 0.717) is 31.1 Å². The number of nitrogens with zero attached hydrogens (tertiary/aromatic N) is 2. The lowest BCUT2D eigenvalue weighted by atomic mass is 10.2. The van der Waals surface area contributed by atoms with Gasteiger partial charge in [0.05, 0.1) is 25.2 Å². The summed E-state index contributed by atoms with van der Waals surface area (Å²) in [5.74, 6) is 1.06. The molecule has 1 fully saturated rings. The van der Waals surface area contributed by atoms with E-state index >= 15 is 0 Å². The smallest absolute Gasteiger partial charge is 0.233 e. The van der Waals surface area contributed by atoms with E-state index < -0.39 is 9.84 Å². The summed E-state index contributed by atoms with van der Waals surface area (Å²) in [7, 11) is -2.27. The molecule has 1 aliphatic heterocycles. The maximum absolute atomic E-state index is 13.3. The first-order chi connectivity index (χ1) is 15.1. The van der Waals surface area contributed by atoms with Crippen molar-refractivity contribution in [3.8, 4) is 17.2 Å². The van der Waals surface area contributed by atoms with Crippen LogP contribution in [0.1, 0.15) is 0 Å². The number of rotatable bonds is 8. The van der Waals surface area contributed by atoms with E-state index in [0.717, 1.165) is 19.6 Å². The zero-order chi connectivity index (χ0) is 21.7. The second kappa shape index (κ2) is 9.51. The summed E-state index contributed by atoms with van der Waals surface area (Å²) in [5.41, 5.74) is 0.659. The molecule has 8 nitrogen and oxygen atoms in total. The van der Waals surface area contributed by atoms with Gasteiger partial charge < -0.3 is 19.2 Å². The van der Waals surface area contributed by atoms with Crippen LogP contribution in [0.15, 0.2) is 68.9 Å². The standard InChI is InChI=1S/C22H25N3O5S/c1-28-18-9-7-17(8-10-18)20-24-22(31(26,27)19-5-3-2-4-6-19)21(30-20)23-11-12-25-13-15-29-16-14-25/h2-10,23H,11-16H2,1H3. The molecule has 0 saturated carbocycles. The average molecular weight is 444 g/mol. The van der Waals surface area contributed by atoms with Crippen molar-refractivity contribution in [1.82, 2.24) is 9.88 Å². The van der Waals surface area contributed by atoms with Gasteiger partial charge in [-0.2, -0.15) is 4.98 Å². The SMILES string of the molecule is COc1ccc(-c2nc(S(=O)(=O)c3ccccc3)c(NCCN3CCOCC3)o2)cc1. The molecule has 1 saturated heterocycles. The number of hydrogen-bond donors (Lipinski definition) is 1. The Labute approximate surface area is 181 Å². The van der Waals surface area contributed by atoms with Crippen molar-refractivity contribution in [2.45, 2.75) is 9.92 Å². The minimum absolute atomic E-state index is 0.119. The molecule has 164 valence electrons. The second-order valence-electron chi connectivity index (χ2n) is 7.08. The van der Waals surface area contributed by atoms with Crippen LogP contribution >= 0.6 is 0 Å². The van der Waals surface area contributed by atoms with Crippen LogP contribution in [-0.2, 0) is 14.6 Å². The van der Waals surface area contributed by atoms with Crippen LogP contribution in [0.3, 0.4) is 0 Å². The van der Waals surface area contributed by atoms with E-state index in [1.807, 2.05) is 0 Å². The van der Waals surface area contributed by atoms with E-state index in [1.165, 1.54) is 0 Å². The molecule has 2 heterocycles. The molecule has 0 atom stereocenters. The topological polar surface area (TPSA) is 93.9 Å². The average Bonchev–Trinajstić information content (AvgIpc) is 3.25. The molecule has 0 radical (unpaired) electrons. The first-order valence-corrected chi connectivity index (χ1v) is 11.6. The molecule has 1 aromatic heterocycles. The summed E-state index contributed by atoms with van der Waals surface area (Å²) in [4.78, 5) is 6.78. The van der Waals surface area contributed by atoms with Crippen molar-refractivity contribution in [3.05, 3.63) is 54.6 Å². The van der Waals surface area contributed by atoms with Crippen LogP contribution < -0.4 is 10.1 Å². The molecule has 2 aromatic carbocycles. The minimum Gasteiger partial charge on any atom is -0.497 e. The fourth-order valence-electron chi connectivity index (χ4n) is 3.32.